The average molecular weight is 302 g/mol. The molecule has 0 aromatic heterocycles. The van der Waals surface area contributed by atoms with Gasteiger partial charge in [0.2, 0.25) is 0 Å². The van der Waals surface area contributed by atoms with Gasteiger partial charge in [0, 0.05) is 24.7 Å². The van der Waals surface area contributed by atoms with Crippen molar-refractivity contribution in [3.8, 4) is 0 Å². The minimum Gasteiger partial charge on any atom is -0.300 e. The lowest BCUT2D eigenvalue weighted by Crippen LogP contribution is -2.51. The molecule has 4 aliphatic carbocycles. The Morgan fingerprint density at radius 1 is 0.864 bits per heavy atom. The summed E-state index contributed by atoms with van der Waals surface area (Å²) in [5.74, 6) is 4.76. The van der Waals surface area contributed by atoms with Crippen molar-refractivity contribution < 1.29 is 9.59 Å². The molecule has 0 bridgehead atoms. The standard InChI is InChI=1S/C20H30O2/c1-20-11-10-16-15-9-7-14(21)12-13(15)6-8-17(16)18(20)4-2-3-5-19(20)22/h13,15-18H,2-12H2,1H3/t13-,15+,16-,17-,18+,20+/m1/s1. The van der Waals surface area contributed by atoms with Gasteiger partial charge >= 0.3 is 0 Å². The third-order valence-corrected chi connectivity index (χ3v) is 7.96. The van der Waals surface area contributed by atoms with E-state index in [1.165, 1.54) is 32.1 Å². The number of carbonyl (C=O) groups excluding carboxylic acids is 2. The lowest BCUT2D eigenvalue weighted by atomic mass is 9.49. The lowest BCUT2D eigenvalue weighted by Gasteiger charge is -2.55. The highest BCUT2D eigenvalue weighted by molar-refractivity contribution is 5.85. The molecule has 0 amide bonds. The van der Waals surface area contributed by atoms with E-state index in [1.807, 2.05) is 0 Å². The maximum absolute atomic E-state index is 12.7. The molecule has 4 rings (SSSR count). The van der Waals surface area contributed by atoms with Gasteiger partial charge in [0.05, 0.1) is 0 Å². The largest absolute Gasteiger partial charge is 0.300 e. The van der Waals surface area contributed by atoms with Gasteiger partial charge in [0.15, 0.2) is 0 Å². The molecule has 0 N–H and O–H groups in total. The second-order valence-electron chi connectivity index (χ2n) is 8.84. The summed E-state index contributed by atoms with van der Waals surface area (Å²) in [5, 5.41) is 0. The molecule has 4 fully saturated rings. The molecule has 6 atom stereocenters. The van der Waals surface area contributed by atoms with Crippen molar-refractivity contribution in [2.45, 2.75) is 77.6 Å². The van der Waals surface area contributed by atoms with E-state index in [2.05, 4.69) is 6.92 Å². The first-order valence-electron chi connectivity index (χ1n) is 9.64. The quantitative estimate of drug-likeness (QED) is 0.657. The molecule has 0 aromatic carbocycles. The van der Waals surface area contributed by atoms with Crippen LogP contribution in [-0.2, 0) is 9.59 Å². The van der Waals surface area contributed by atoms with Crippen LogP contribution >= 0.6 is 0 Å². The first kappa shape index (κ1) is 14.9. The summed E-state index contributed by atoms with van der Waals surface area (Å²) in [4.78, 5) is 24.5. The van der Waals surface area contributed by atoms with Gasteiger partial charge in [-0.2, -0.15) is 0 Å². The third kappa shape index (κ3) is 2.20. The molecule has 0 saturated heterocycles. The minimum atomic E-state index is -0.0189. The third-order valence-electron chi connectivity index (χ3n) is 7.96. The monoisotopic (exact) mass is 302 g/mol. The average Bonchev–Trinajstić information content (AvgIpc) is 2.66. The van der Waals surface area contributed by atoms with Crippen LogP contribution in [0.1, 0.15) is 77.6 Å². The summed E-state index contributed by atoms with van der Waals surface area (Å²) in [6.45, 7) is 2.29. The summed E-state index contributed by atoms with van der Waals surface area (Å²) >= 11 is 0. The molecule has 0 aliphatic heterocycles. The number of ketones is 2. The number of Topliss-reactive ketones (excluding diaryl/α,β-unsaturated/α-hetero) is 2. The van der Waals surface area contributed by atoms with E-state index in [0.29, 0.717) is 23.4 Å². The highest BCUT2D eigenvalue weighted by atomic mass is 16.1. The zero-order chi connectivity index (χ0) is 15.3. The van der Waals surface area contributed by atoms with Gasteiger partial charge in [0.1, 0.15) is 11.6 Å². The van der Waals surface area contributed by atoms with E-state index in [1.54, 1.807) is 0 Å². The van der Waals surface area contributed by atoms with E-state index < -0.39 is 0 Å². The van der Waals surface area contributed by atoms with Crippen LogP contribution in [0.4, 0.5) is 0 Å². The summed E-state index contributed by atoms with van der Waals surface area (Å²) in [6.07, 6.45) is 12.2. The van der Waals surface area contributed by atoms with E-state index in [0.717, 1.165) is 56.3 Å². The molecule has 2 heteroatoms. The van der Waals surface area contributed by atoms with Crippen molar-refractivity contribution in [2.75, 3.05) is 0 Å². The molecule has 4 aliphatic rings. The number of hydrogen-bond donors (Lipinski definition) is 0. The van der Waals surface area contributed by atoms with Crippen molar-refractivity contribution in [1.29, 1.82) is 0 Å². The topological polar surface area (TPSA) is 34.1 Å². The smallest absolute Gasteiger partial charge is 0.139 e. The van der Waals surface area contributed by atoms with Crippen LogP contribution in [0.3, 0.4) is 0 Å². The van der Waals surface area contributed by atoms with Crippen LogP contribution in [0.15, 0.2) is 0 Å². The van der Waals surface area contributed by atoms with E-state index in [-0.39, 0.29) is 5.41 Å². The van der Waals surface area contributed by atoms with Gasteiger partial charge in [-0.05, 0) is 74.5 Å². The van der Waals surface area contributed by atoms with Crippen molar-refractivity contribution in [3.63, 3.8) is 0 Å². The van der Waals surface area contributed by atoms with Crippen LogP contribution in [0.2, 0.25) is 0 Å². The van der Waals surface area contributed by atoms with Gasteiger partial charge in [-0.25, -0.2) is 0 Å². The highest BCUT2D eigenvalue weighted by Gasteiger charge is 2.54. The highest BCUT2D eigenvalue weighted by Crippen LogP contribution is 2.59. The number of hydrogen-bond acceptors (Lipinski definition) is 2. The molecule has 0 spiro atoms. The van der Waals surface area contributed by atoms with Gasteiger partial charge in [0.25, 0.3) is 0 Å². The second-order valence-corrected chi connectivity index (χ2v) is 8.84. The minimum absolute atomic E-state index is 0.0189. The van der Waals surface area contributed by atoms with E-state index in [4.69, 9.17) is 0 Å². The molecule has 0 aromatic rings. The SMILES string of the molecule is C[C@]12CC[C@H]3[C@@H](CC[C@@H]4CC(=O)CC[C@@H]43)[C@@H]1CCCCC2=O. The predicted molar refractivity (Wildman–Crippen MR) is 86.4 cm³/mol. The Kier molecular flexibility index (Phi) is 3.70. The number of rotatable bonds is 0. The Labute approximate surface area is 134 Å². The van der Waals surface area contributed by atoms with Gasteiger partial charge < -0.3 is 0 Å². The zero-order valence-electron chi connectivity index (χ0n) is 14.0. The summed E-state index contributed by atoms with van der Waals surface area (Å²) in [7, 11) is 0. The molecule has 122 valence electrons. The summed E-state index contributed by atoms with van der Waals surface area (Å²) < 4.78 is 0. The molecular formula is C20H30O2. The zero-order valence-corrected chi connectivity index (χ0v) is 14.0. The molecule has 2 nitrogen and oxygen atoms in total. The summed E-state index contributed by atoms with van der Waals surface area (Å²) in [5.41, 5.74) is -0.0189. The number of carbonyl (C=O) groups is 2. The first-order valence-corrected chi connectivity index (χ1v) is 9.64. The lowest BCUT2D eigenvalue weighted by molar-refractivity contribution is -0.141. The fourth-order valence-corrected chi connectivity index (χ4v) is 6.79. The first-order chi connectivity index (χ1) is 10.6. The fraction of sp³-hybridized carbons (Fsp3) is 0.900. The summed E-state index contributed by atoms with van der Waals surface area (Å²) in [6, 6.07) is 0. The van der Waals surface area contributed by atoms with Crippen LogP contribution in [0, 0.1) is 35.0 Å². The Bertz CT molecular complexity index is 482. The Morgan fingerprint density at radius 2 is 1.73 bits per heavy atom. The molecular weight excluding hydrogens is 272 g/mol. The van der Waals surface area contributed by atoms with Crippen molar-refractivity contribution in [2.24, 2.45) is 35.0 Å². The Hall–Kier alpha value is -0.660. The normalized spacial score (nSPS) is 48.9. The Morgan fingerprint density at radius 3 is 2.59 bits per heavy atom. The predicted octanol–water partition coefficient (Wildman–Crippen LogP) is 4.56. The van der Waals surface area contributed by atoms with Crippen molar-refractivity contribution >= 4 is 11.6 Å². The van der Waals surface area contributed by atoms with Gasteiger partial charge in [-0.1, -0.05) is 13.3 Å². The van der Waals surface area contributed by atoms with Crippen LogP contribution in [0.25, 0.3) is 0 Å². The van der Waals surface area contributed by atoms with E-state index >= 15 is 0 Å². The number of fused-ring (bicyclic) bond motifs is 5. The molecule has 22 heavy (non-hydrogen) atoms. The van der Waals surface area contributed by atoms with Crippen LogP contribution in [-0.4, -0.2) is 11.6 Å². The maximum Gasteiger partial charge on any atom is 0.139 e. The molecule has 4 saturated carbocycles. The van der Waals surface area contributed by atoms with Crippen LogP contribution < -0.4 is 0 Å². The van der Waals surface area contributed by atoms with Crippen molar-refractivity contribution in [1.82, 2.24) is 0 Å². The van der Waals surface area contributed by atoms with Gasteiger partial charge in [-0.15, -0.1) is 0 Å². The molecule has 0 unspecified atom stereocenters. The fourth-order valence-electron chi connectivity index (χ4n) is 6.79. The van der Waals surface area contributed by atoms with Crippen LogP contribution in [0.5, 0.6) is 0 Å². The van der Waals surface area contributed by atoms with E-state index in [9.17, 15) is 9.59 Å². The van der Waals surface area contributed by atoms with Gasteiger partial charge in [-0.3, -0.25) is 9.59 Å². The molecule has 0 radical (unpaired) electrons. The Balaban J connectivity index is 1.60. The molecule has 0 heterocycles. The second kappa shape index (κ2) is 5.46. The van der Waals surface area contributed by atoms with Crippen molar-refractivity contribution in [3.05, 3.63) is 0 Å². The maximum atomic E-state index is 12.7.